The van der Waals surface area contributed by atoms with E-state index in [1.807, 2.05) is 0 Å². The van der Waals surface area contributed by atoms with E-state index in [-0.39, 0.29) is 11.3 Å². The summed E-state index contributed by atoms with van der Waals surface area (Å²) in [5.74, 6) is 4.51. The molecule has 13 rings (SSSR count). The van der Waals surface area contributed by atoms with Gasteiger partial charge in [-0.3, -0.25) is 0 Å². The van der Waals surface area contributed by atoms with Gasteiger partial charge in [-0.15, -0.1) is 0 Å². The number of benzene rings is 5. The van der Waals surface area contributed by atoms with E-state index in [9.17, 15) is 0 Å². The molecule has 1 fully saturated rings. The van der Waals surface area contributed by atoms with Crippen molar-refractivity contribution in [3.05, 3.63) is 220 Å². The first-order chi connectivity index (χ1) is 29.9. The molecule has 8 aliphatic carbocycles. The number of allylic oxidation sites excluding steroid dienone is 15. The maximum atomic E-state index is 2.66. The number of hydrogen-bond donors (Lipinski definition) is 0. The summed E-state index contributed by atoms with van der Waals surface area (Å²) in [5.41, 5.74) is 22.2. The van der Waals surface area contributed by atoms with Crippen molar-refractivity contribution in [2.75, 3.05) is 0 Å². The molecule has 8 aliphatic rings. The lowest BCUT2D eigenvalue weighted by Gasteiger charge is -2.46. The van der Waals surface area contributed by atoms with E-state index in [2.05, 4.69) is 192 Å². The first-order valence-electron chi connectivity index (χ1n) is 23.4. The van der Waals surface area contributed by atoms with Crippen LogP contribution in [-0.4, -0.2) is 0 Å². The van der Waals surface area contributed by atoms with Crippen LogP contribution >= 0.6 is 0 Å². The molecule has 0 radical (unpaired) electrons. The Morgan fingerprint density at radius 1 is 0.623 bits per heavy atom. The zero-order valence-corrected chi connectivity index (χ0v) is 35.9. The summed E-state index contributed by atoms with van der Waals surface area (Å²) >= 11 is 0. The Labute approximate surface area is 362 Å². The molecule has 0 amide bonds. The Bertz CT molecular complexity index is 2970. The van der Waals surface area contributed by atoms with Crippen LogP contribution in [-0.2, 0) is 5.41 Å². The minimum absolute atomic E-state index is 0.193. The average Bonchev–Trinajstić information content (AvgIpc) is 3.78. The van der Waals surface area contributed by atoms with Crippen LogP contribution in [0.5, 0.6) is 0 Å². The minimum Gasteiger partial charge on any atom is -0.0802 e. The maximum absolute atomic E-state index is 2.66. The second-order valence-corrected chi connectivity index (χ2v) is 20.0. The summed E-state index contributed by atoms with van der Waals surface area (Å²) in [6, 6.07) is 41.9. The highest BCUT2D eigenvalue weighted by molar-refractivity contribution is 6.18. The Kier molecular flexibility index (Phi) is 7.75. The smallest absolute Gasteiger partial charge is 0.0293 e. The van der Waals surface area contributed by atoms with E-state index in [0.29, 0.717) is 47.3 Å². The van der Waals surface area contributed by atoms with Crippen LogP contribution in [0.3, 0.4) is 0 Å². The van der Waals surface area contributed by atoms with Crippen molar-refractivity contribution in [1.82, 2.24) is 0 Å². The fourth-order valence-electron chi connectivity index (χ4n) is 14.8. The van der Waals surface area contributed by atoms with Crippen LogP contribution in [0.15, 0.2) is 197 Å². The number of fused-ring (bicyclic) bond motifs is 10. The second-order valence-electron chi connectivity index (χ2n) is 20.0. The van der Waals surface area contributed by atoms with Gasteiger partial charge in [0.05, 0.1) is 0 Å². The number of hydrogen-bond acceptors (Lipinski definition) is 0. The van der Waals surface area contributed by atoms with Gasteiger partial charge < -0.3 is 0 Å². The molecular formula is C61H54. The molecule has 10 unspecified atom stereocenters. The van der Waals surface area contributed by atoms with Gasteiger partial charge >= 0.3 is 0 Å². The molecule has 0 saturated heterocycles. The molecule has 10 atom stereocenters. The van der Waals surface area contributed by atoms with E-state index >= 15 is 0 Å². The summed E-state index contributed by atoms with van der Waals surface area (Å²) < 4.78 is 0. The van der Waals surface area contributed by atoms with Crippen molar-refractivity contribution in [2.24, 2.45) is 53.3 Å². The van der Waals surface area contributed by atoms with E-state index in [0.717, 1.165) is 0 Å². The predicted octanol–water partition coefficient (Wildman–Crippen LogP) is 15.2. The highest BCUT2D eigenvalue weighted by Gasteiger charge is 2.58. The third-order valence-corrected chi connectivity index (χ3v) is 17.4. The third-order valence-electron chi connectivity index (χ3n) is 17.4. The molecular weight excluding hydrogens is 733 g/mol. The quantitative estimate of drug-likeness (QED) is 0.157. The molecule has 0 bridgehead atoms. The zero-order chi connectivity index (χ0) is 40.7. The van der Waals surface area contributed by atoms with Gasteiger partial charge in [0.15, 0.2) is 0 Å². The first-order valence-corrected chi connectivity index (χ1v) is 23.4. The monoisotopic (exact) mass is 786 g/mol. The van der Waals surface area contributed by atoms with Gasteiger partial charge in [-0.1, -0.05) is 208 Å². The summed E-state index contributed by atoms with van der Waals surface area (Å²) in [5, 5.41) is 2.83. The van der Waals surface area contributed by atoms with Crippen LogP contribution < -0.4 is 0 Å². The van der Waals surface area contributed by atoms with E-state index in [1.165, 1.54) is 80.1 Å². The SMILES string of the molecule is CC1CC2=C(C(C)C(C)C(C3=CC=C4C5C(=CC=CC35)C3=C(c5ccccc5)c5cc6c7c(cccc7c5C(C)(c5ccccc5)C43)-c3ccccc3-6)CC2)C2C=CC=CC12. The third kappa shape index (κ3) is 4.77. The van der Waals surface area contributed by atoms with Crippen molar-refractivity contribution in [1.29, 1.82) is 0 Å². The average molecular weight is 787 g/mol. The molecule has 298 valence electrons. The molecule has 5 aromatic carbocycles. The van der Waals surface area contributed by atoms with Crippen LogP contribution in [0, 0.1) is 53.3 Å². The topological polar surface area (TPSA) is 0 Å². The standard InChI is InChI=1S/C61H54/c1-35-33-39-29-30-42(36(2)37(3)54(39)46-24-14-11-21-41(35)46)45-31-32-51-56-48(45)25-15-27-49(56)58-55(38-17-7-5-8-18-38)53-34-52-44-23-13-12-22-43(44)47-26-16-28-50(57(47)52)59(53)61(4,60(51)58)40-19-9-6-10-20-40/h5-28,31-32,34-37,41-42,46,48,56,60H,29-30,33H2,1-4H3. The van der Waals surface area contributed by atoms with Crippen LogP contribution in [0.2, 0.25) is 0 Å². The van der Waals surface area contributed by atoms with Crippen molar-refractivity contribution >= 4 is 16.3 Å². The largest absolute Gasteiger partial charge is 0.0802 e. The Morgan fingerprint density at radius 3 is 2.15 bits per heavy atom. The fraction of sp³-hybridized carbons (Fsp3) is 0.279. The number of rotatable bonds is 3. The second kappa shape index (κ2) is 13.1. The highest BCUT2D eigenvalue weighted by Crippen LogP contribution is 2.68. The molecule has 0 heteroatoms. The predicted molar refractivity (Wildman–Crippen MR) is 255 cm³/mol. The molecule has 61 heavy (non-hydrogen) atoms. The molecule has 0 nitrogen and oxygen atoms in total. The Morgan fingerprint density at radius 2 is 1.33 bits per heavy atom. The van der Waals surface area contributed by atoms with Gasteiger partial charge in [-0.05, 0) is 127 Å². The van der Waals surface area contributed by atoms with Crippen molar-refractivity contribution in [2.45, 2.75) is 52.4 Å². The molecule has 0 heterocycles. The van der Waals surface area contributed by atoms with Gasteiger partial charge in [-0.25, -0.2) is 0 Å². The fourth-order valence-corrected chi connectivity index (χ4v) is 14.8. The Balaban J connectivity index is 1.03. The highest BCUT2D eigenvalue weighted by atomic mass is 14.6. The minimum atomic E-state index is -0.307. The summed E-state index contributed by atoms with van der Waals surface area (Å²) in [4.78, 5) is 0. The van der Waals surface area contributed by atoms with Crippen molar-refractivity contribution in [3.8, 4) is 22.3 Å². The van der Waals surface area contributed by atoms with E-state index < -0.39 is 0 Å². The molecule has 0 aromatic heterocycles. The summed E-state index contributed by atoms with van der Waals surface area (Å²) in [6.07, 6.45) is 26.4. The summed E-state index contributed by atoms with van der Waals surface area (Å²) in [6.45, 7) is 10.3. The maximum Gasteiger partial charge on any atom is 0.0293 e. The van der Waals surface area contributed by atoms with Gasteiger partial charge in [0.1, 0.15) is 0 Å². The van der Waals surface area contributed by atoms with E-state index in [4.69, 9.17) is 0 Å². The van der Waals surface area contributed by atoms with E-state index in [1.54, 1.807) is 33.4 Å². The van der Waals surface area contributed by atoms with Crippen molar-refractivity contribution in [3.63, 3.8) is 0 Å². The summed E-state index contributed by atoms with van der Waals surface area (Å²) in [7, 11) is 0. The van der Waals surface area contributed by atoms with Crippen LogP contribution in [0.1, 0.15) is 69.2 Å². The molecule has 5 aromatic rings. The molecule has 0 N–H and O–H groups in total. The lowest BCUT2D eigenvalue weighted by Crippen LogP contribution is -2.39. The lowest BCUT2D eigenvalue weighted by atomic mass is 9.56. The first kappa shape index (κ1) is 36.0. The Hall–Kier alpha value is -5.72. The van der Waals surface area contributed by atoms with Gasteiger partial charge in [0.2, 0.25) is 0 Å². The molecule has 1 saturated carbocycles. The molecule has 0 spiro atoms. The van der Waals surface area contributed by atoms with Gasteiger partial charge in [0, 0.05) is 29.1 Å². The van der Waals surface area contributed by atoms with Crippen LogP contribution in [0.4, 0.5) is 0 Å². The zero-order valence-electron chi connectivity index (χ0n) is 35.9. The van der Waals surface area contributed by atoms with Gasteiger partial charge in [0.25, 0.3) is 0 Å². The van der Waals surface area contributed by atoms with Crippen molar-refractivity contribution < 1.29 is 0 Å². The van der Waals surface area contributed by atoms with Crippen LogP contribution in [0.25, 0.3) is 38.6 Å². The normalized spacial score (nSPS) is 32.3. The lowest BCUT2D eigenvalue weighted by molar-refractivity contribution is 0.269. The molecule has 0 aliphatic heterocycles. The van der Waals surface area contributed by atoms with Gasteiger partial charge in [-0.2, -0.15) is 0 Å².